The van der Waals surface area contributed by atoms with E-state index in [4.69, 9.17) is 0 Å². The van der Waals surface area contributed by atoms with Crippen molar-refractivity contribution >= 4 is 0 Å². The molecule has 0 radical (unpaired) electrons. The van der Waals surface area contributed by atoms with Gasteiger partial charge in [0.1, 0.15) is 0 Å². The van der Waals surface area contributed by atoms with E-state index in [1.807, 2.05) is 0 Å². The van der Waals surface area contributed by atoms with Gasteiger partial charge in [-0.05, 0) is 57.5 Å². The largest absolute Gasteiger partial charge is 0.393 e. The molecule has 0 spiro atoms. The van der Waals surface area contributed by atoms with Crippen molar-refractivity contribution in [1.29, 1.82) is 0 Å². The summed E-state index contributed by atoms with van der Waals surface area (Å²) >= 11 is 0. The van der Waals surface area contributed by atoms with Crippen molar-refractivity contribution in [1.82, 2.24) is 10.2 Å². The standard InChI is InChI=1S/C17H32N2O/c1-17(9-3-2-4-16(17)20)13-18-15-7-10-19(11-8-15)12-14-5-6-14/h14-16,18,20H,2-13H2,1H3. The van der Waals surface area contributed by atoms with Gasteiger partial charge in [-0.25, -0.2) is 0 Å². The lowest BCUT2D eigenvalue weighted by Crippen LogP contribution is -2.49. The lowest BCUT2D eigenvalue weighted by Gasteiger charge is -2.41. The summed E-state index contributed by atoms with van der Waals surface area (Å²) in [4.78, 5) is 2.66. The summed E-state index contributed by atoms with van der Waals surface area (Å²) in [6.07, 6.45) is 10.1. The van der Waals surface area contributed by atoms with Crippen LogP contribution in [0.4, 0.5) is 0 Å². The number of aliphatic hydroxyl groups excluding tert-OH is 1. The Morgan fingerprint density at radius 2 is 1.85 bits per heavy atom. The van der Waals surface area contributed by atoms with E-state index in [1.165, 1.54) is 64.6 Å². The van der Waals surface area contributed by atoms with Crippen LogP contribution in [-0.2, 0) is 0 Å². The lowest BCUT2D eigenvalue weighted by molar-refractivity contribution is -0.00163. The molecule has 2 unspecified atom stereocenters. The highest BCUT2D eigenvalue weighted by molar-refractivity contribution is 4.90. The Morgan fingerprint density at radius 1 is 1.10 bits per heavy atom. The summed E-state index contributed by atoms with van der Waals surface area (Å²) in [5, 5.41) is 14.0. The second kappa shape index (κ2) is 6.33. The number of nitrogens with one attached hydrogen (secondary N) is 1. The average molecular weight is 280 g/mol. The van der Waals surface area contributed by atoms with Crippen molar-refractivity contribution in [2.45, 2.75) is 70.4 Å². The topological polar surface area (TPSA) is 35.5 Å². The van der Waals surface area contributed by atoms with Crippen LogP contribution in [0.15, 0.2) is 0 Å². The normalized spacial score (nSPS) is 37.2. The smallest absolute Gasteiger partial charge is 0.0605 e. The van der Waals surface area contributed by atoms with E-state index in [9.17, 15) is 5.11 Å². The third-order valence-corrected chi connectivity index (χ3v) is 5.88. The number of nitrogens with zero attached hydrogens (tertiary/aromatic N) is 1. The van der Waals surface area contributed by atoms with Crippen LogP contribution in [0, 0.1) is 11.3 Å². The van der Waals surface area contributed by atoms with Crippen molar-refractivity contribution in [3.63, 3.8) is 0 Å². The zero-order chi connectivity index (χ0) is 14.0. The predicted octanol–water partition coefficient (Wildman–Crippen LogP) is 2.39. The van der Waals surface area contributed by atoms with Gasteiger partial charge in [0, 0.05) is 24.5 Å². The van der Waals surface area contributed by atoms with Crippen molar-refractivity contribution in [2.24, 2.45) is 11.3 Å². The maximum atomic E-state index is 10.3. The first-order chi connectivity index (χ1) is 9.66. The highest BCUT2D eigenvalue weighted by Gasteiger charge is 2.36. The summed E-state index contributed by atoms with van der Waals surface area (Å²) in [6.45, 7) is 7.16. The molecule has 1 saturated heterocycles. The monoisotopic (exact) mass is 280 g/mol. The molecule has 3 rings (SSSR count). The van der Waals surface area contributed by atoms with Gasteiger partial charge >= 0.3 is 0 Å². The van der Waals surface area contributed by atoms with Crippen molar-refractivity contribution < 1.29 is 5.11 Å². The molecule has 0 bridgehead atoms. The van der Waals surface area contributed by atoms with Crippen LogP contribution >= 0.6 is 0 Å². The number of hydrogen-bond acceptors (Lipinski definition) is 3. The van der Waals surface area contributed by atoms with Crippen molar-refractivity contribution in [3.8, 4) is 0 Å². The Kier molecular flexibility index (Phi) is 4.68. The Bertz CT molecular complexity index is 310. The molecule has 3 nitrogen and oxygen atoms in total. The second-order valence-electron chi connectivity index (χ2n) is 7.81. The van der Waals surface area contributed by atoms with Gasteiger partial charge in [0.05, 0.1) is 6.10 Å². The van der Waals surface area contributed by atoms with Crippen LogP contribution in [0.25, 0.3) is 0 Å². The molecule has 2 atom stereocenters. The summed E-state index contributed by atoms with van der Waals surface area (Å²) in [5.41, 5.74) is 0.114. The third kappa shape index (κ3) is 3.75. The summed E-state index contributed by atoms with van der Waals surface area (Å²) in [6, 6.07) is 0.677. The minimum Gasteiger partial charge on any atom is -0.393 e. The number of aliphatic hydroxyl groups is 1. The van der Waals surface area contributed by atoms with Gasteiger partial charge in [0.2, 0.25) is 0 Å². The van der Waals surface area contributed by atoms with Gasteiger partial charge in [-0.1, -0.05) is 19.8 Å². The van der Waals surface area contributed by atoms with Gasteiger partial charge in [-0.3, -0.25) is 0 Å². The minimum atomic E-state index is -0.0984. The van der Waals surface area contributed by atoms with Crippen LogP contribution in [0.5, 0.6) is 0 Å². The molecule has 3 aliphatic rings. The van der Waals surface area contributed by atoms with E-state index in [0.29, 0.717) is 6.04 Å². The molecule has 0 aromatic carbocycles. The molecule has 3 fully saturated rings. The molecule has 1 aliphatic heterocycles. The van der Waals surface area contributed by atoms with Crippen LogP contribution in [0.2, 0.25) is 0 Å². The number of likely N-dealkylation sites (tertiary alicyclic amines) is 1. The Morgan fingerprint density at radius 3 is 2.50 bits per heavy atom. The quantitative estimate of drug-likeness (QED) is 0.812. The van der Waals surface area contributed by atoms with Crippen LogP contribution in [0.3, 0.4) is 0 Å². The predicted molar refractivity (Wildman–Crippen MR) is 82.8 cm³/mol. The lowest BCUT2D eigenvalue weighted by atomic mass is 9.73. The summed E-state index contributed by atoms with van der Waals surface area (Å²) in [7, 11) is 0. The van der Waals surface area contributed by atoms with Gasteiger partial charge < -0.3 is 15.3 Å². The molecular formula is C17H32N2O. The summed E-state index contributed by atoms with van der Waals surface area (Å²) < 4.78 is 0. The maximum absolute atomic E-state index is 10.3. The van der Waals surface area contributed by atoms with Crippen LogP contribution < -0.4 is 5.32 Å². The molecule has 0 aromatic rings. The van der Waals surface area contributed by atoms with Gasteiger partial charge in [0.25, 0.3) is 0 Å². The highest BCUT2D eigenvalue weighted by atomic mass is 16.3. The Labute approximate surface area is 124 Å². The molecule has 1 heterocycles. The molecule has 3 heteroatoms. The highest BCUT2D eigenvalue weighted by Crippen LogP contribution is 2.36. The first-order valence-corrected chi connectivity index (χ1v) is 8.79. The SMILES string of the molecule is CC1(CNC2CCN(CC3CC3)CC2)CCCCC1O. The number of rotatable bonds is 5. The van der Waals surface area contributed by atoms with Gasteiger partial charge in [-0.15, -0.1) is 0 Å². The van der Waals surface area contributed by atoms with E-state index < -0.39 is 0 Å². The van der Waals surface area contributed by atoms with E-state index >= 15 is 0 Å². The second-order valence-corrected chi connectivity index (χ2v) is 7.81. The molecule has 20 heavy (non-hydrogen) atoms. The zero-order valence-electron chi connectivity index (χ0n) is 13.1. The Balaban J connectivity index is 1.38. The zero-order valence-corrected chi connectivity index (χ0v) is 13.1. The van der Waals surface area contributed by atoms with Crippen molar-refractivity contribution in [2.75, 3.05) is 26.2 Å². The minimum absolute atomic E-state index is 0.0984. The molecule has 0 amide bonds. The molecular weight excluding hydrogens is 248 g/mol. The fraction of sp³-hybridized carbons (Fsp3) is 1.00. The fourth-order valence-corrected chi connectivity index (χ4v) is 3.95. The third-order valence-electron chi connectivity index (χ3n) is 5.88. The fourth-order valence-electron chi connectivity index (χ4n) is 3.95. The first-order valence-electron chi connectivity index (χ1n) is 8.79. The molecule has 2 N–H and O–H groups in total. The van der Waals surface area contributed by atoms with E-state index in [1.54, 1.807) is 0 Å². The number of hydrogen-bond donors (Lipinski definition) is 2. The molecule has 116 valence electrons. The van der Waals surface area contributed by atoms with Gasteiger partial charge in [-0.2, -0.15) is 0 Å². The van der Waals surface area contributed by atoms with E-state index in [2.05, 4.69) is 17.1 Å². The van der Waals surface area contributed by atoms with Crippen LogP contribution in [0.1, 0.15) is 58.3 Å². The van der Waals surface area contributed by atoms with E-state index in [-0.39, 0.29) is 11.5 Å². The number of piperidine rings is 1. The molecule has 2 saturated carbocycles. The van der Waals surface area contributed by atoms with Crippen molar-refractivity contribution in [3.05, 3.63) is 0 Å². The van der Waals surface area contributed by atoms with Crippen LogP contribution in [-0.4, -0.2) is 48.3 Å². The molecule has 0 aromatic heterocycles. The summed E-state index contributed by atoms with van der Waals surface area (Å²) in [5.74, 6) is 1.02. The maximum Gasteiger partial charge on any atom is 0.0605 e. The first kappa shape index (κ1) is 14.8. The molecule has 2 aliphatic carbocycles. The Hall–Kier alpha value is -0.120. The average Bonchev–Trinajstić information content (AvgIpc) is 3.26. The van der Waals surface area contributed by atoms with Gasteiger partial charge in [0.15, 0.2) is 0 Å². The van der Waals surface area contributed by atoms with E-state index in [0.717, 1.165) is 18.9 Å².